The molecule has 1 aliphatic heterocycles. The molecule has 0 saturated carbocycles. The maximum atomic E-state index is 12.4. The number of nitrogens with zero attached hydrogens (tertiary/aromatic N) is 1. The molecule has 0 N–H and O–H groups in total. The molecule has 2 aromatic carbocycles. The maximum absolute atomic E-state index is 12.4. The van der Waals surface area contributed by atoms with Gasteiger partial charge in [0.2, 0.25) is 0 Å². The summed E-state index contributed by atoms with van der Waals surface area (Å²) in [5, 5.41) is 0.808. The van der Waals surface area contributed by atoms with Crippen molar-refractivity contribution >= 4 is 22.8 Å². The van der Waals surface area contributed by atoms with E-state index in [0.717, 1.165) is 42.4 Å². The molecule has 1 amide bonds. The summed E-state index contributed by atoms with van der Waals surface area (Å²) in [4.78, 5) is 39.0. The van der Waals surface area contributed by atoms with Crippen LogP contribution < -0.4 is 10.4 Å². The lowest BCUT2D eigenvalue weighted by molar-refractivity contribution is -0.144. The molecule has 7 heteroatoms. The van der Waals surface area contributed by atoms with E-state index in [1.807, 2.05) is 17.9 Å². The maximum Gasteiger partial charge on any atom is 0.339 e. The second-order valence-electron chi connectivity index (χ2n) is 8.21. The van der Waals surface area contributed by atoms with Gasteiger partial charge in [-0.25, -0.2) is 4.79 Å². The third-order valence-electron chi connectivity index (χ3n) is 6.07. The summed E-state index contributed by atoms with van der Waals surface area (Å²) < 4.78 is 16.0. The van der Waals surface area contributed by atoms with Crippen LogP contribution >= 0.6 is 0 Å². The summed E-state index contributed by atoms with van der Waals surface area (Å²) in [6.45, 7) is 3.57. The van der Waals surface area contributed by atoms with Crippen LogP contribution in [0.1, 0.15) is 46.3 Å². The van der Waals surface area contributed by atoms with Gasteiger partial charge in [0.05, 0.1) is 7.11 Å². The highest BCUT2D eigenvalue weighted by Crippen LogP contribution is 2.24. The van der Waals surface area contributed by atoms with Crippen LogP contribution in [0.5, 0.6) is 5.75 Å². The van der Waals surface area contributed by atoms with Gasteiger partial charge in [0.1, 0.15) is 17.9 Å². The van der Waals surface area contributed by atoms with E-state index in [1.165, 1.54) is 0 Å². The fourth-order valence-corrected chi connectivity index (χ4v) is 4.10. The third-order valence-corrected chi connectivity index (χ3v) is 6.07. The Morgan fingerprint density at radius 3 is 2.48 bits per heavy atom. The average Bonchev–Trinajstić information content (AvgIpc) is 3.37. The fourth-order valence-electron chi connectivity index (χ4n) is 4.10. The molecule has 2 heterocycles. The van der Waals surface area contributed by atoms with E-state index >= 15 is 0 Å². The Balaban J connectivity index is 1.33. The highest BCUT2D eigenvalue weighted by molar-refractivity contribution is 5.94. The first-order valence-corrected chi connectivity index (χ1v) is 11.1. The lowest BCUT2D eigenvalue weighted by atomic mass is 10.0. The molecule has 0 radical (unpaired) electrons. The first-order chi connectivity index (χ1) is 16.0. The Bertz CT molecular complexity index is 1220. The number of hydrogen-bond donors (Lipinski definition) is 0. The van der Waals surface area contributed by atoms with Crippen LogP contribution in [-0.4, -0.2) is 37.0 Å². The molecule has 33 heavy (non-hydrogen) atoms. The number of esters is 1. The molecule has 1 saturated heterocycles. The van der Waals surface area contributed by atoms with Crippen LogP contribution in [0.3, 0.4) is 0 Å². The van der Waals surface area contributed by atoms with Gasteiger partial charge in [0, 0.05) is 42.1 Å². The molecule has 0 aliphatic carbocycles. The molecule has 1 aliphatic rings. The zero-order valence-corrected chi connectivity index (χ0v) is 18.9. The molecular formula is C26H27NO6. The second kappa shape index (κ2) is 9.90. The Kier molecular flexibility index (Phi) is 6.77. The second-order valence-corrected chi connectivity index (χ2v) is 8.21. The van der Waals surface area contributed by atoms with Crippen molar-refractivity contribution in [2.75, 3.05) is 20.2 Å². The van der Waals surface area contributed by atoms with Gasteiger partial charge in [-0.1, -0.05) is 12.1 Å². The lowest BCUT2D eigenvalue weighted by Gasteiger charge is -2.15. The zero-order chi connectivity index (χ0) is 23.4. The number of fused-ring (bicyclic) bond motifs is 1. The molecule has 1 aromatic heterocycles. The van der Waals surface area contributed by atoms with Crippen molar-refractivity contribution in [1.29, 1.82) is 0 Å². The number of benzene rings is 2. The Hall–Kier alpha value is -3.61. The van der Waals surface area contributed by atoms with E-state index in [0.29, 0.717) is 22.5 Å². The van der Waals surface area contributed by atoms with E-state index in [4.69, 9.17) is 13.9 Å². The quantitative estimate of drug-likeness (QED) is 0.400. The van der Waals surface area contributed by atoms with Crippen molar-refractivity contribution < 1.29 is 23.5 Å². The fraction of sp³-hybridized carbons (Fsp3) is 0.346. The smallest absolute Gasteiger partial charge is 0.339 e. The van der Waals surface area contributed by atoms with Crippen LogP contribution in [0.2, 0.25) is 0 Å². The number of carbonyl (C=O) groups excluding carboxylic acids is 2. The topological polar surface area (TPSA) is 86.0 Å². The van der Waals surface area contributed by atoms with Gasteiger partial charge in [0.15, 0.2) is 0 Å². The number of methoxy groups -OCH3 is 1. The minimum Gasteiger partial charge on any atom is -0.497 e. The number of hydrogen-bond acceptors (Lipinski definition) is 6. The molecule has 0 atom stereocenters. The predicted octanol–water partition coefficient (Wildman–Crippen LogP) is 4.02. The van der Waals surface area contributed by atoms with Crippen molar-refractivity contribution in [2.24, 2.45) is 0 Å². The van der Waals surface area contributed by atoms with Crippen molar-refractivity contribution in [3.63, 3.8) is 0 Å². The average molecular weight is 450 g/mol. The van der Waals surface area contributed by atoms with Gasteiger partial charge < -0.3 is 18.8 Å². The van der Waals surface area contributed by atoms with Crippen LogP contribution in [-0.2, 0) is 22.6 Å². The number of amides is 1. The summed E-state index contributed by atoms with van der Waals surface area (Å²) in [5.74, 6) is 0.245. The standard InChI is InChI=1S/C26H27NO6/c1-17-21-10-9-20(31-2)15-23(21)33-26(30)22(17)11-12-24(28)32-16-18-5-7-19(8-6-18)25(29)27-13-3-4-14-27/h5-10,15H,3-4,11-14,16H2,1-2H3. The van der Waals surface area contributed by atoms with E-state index < -0.39 is 11.6 Å². The molecule has 172 valence electrons. The SMILES string of the molecule is COc1ccc2c(C)c(CCC(=O)OCc3ccc(C(=O)N4CCCC4)cc3)c(=O)oc2c1. The summed E-state index contributed by atoms with van der Waals surface area (Å²) in [5.41, 5.74) is 2.69. The summed E-state index contributed by atoms with van der Waals surface area (Å²) in [6.07, 6.45) is 2.40. The van der Waals surface area contributed by atoms with Gasteiger partial charge in [-0.15, -0.1) is 0 Å². The monoisotopic (exact) mass is 449 g/mol. The van der Waals surface area contributed by atoms with Gasteiger partial charge in [0.25, 0.3) is 5.91 Å². The molecule has 0 unspecified atom stereocenters. The van der Waals surface area contributed by atoms with E-state index in [-0.39, 0.29) is 25.4 Å². The van der Waals surface area contributed by atoms with Crippen molar-refractivity contribution in [1.82, 2.24) is 4.90 Å². The summed E-state index contributed by atoms with van der Waals surface area (Å²) in [7, 11) is 1.55. The van der Waals surface area contributed by atoms with Crippen molar-refractivity contribution in [3.05, 3.63) is 75.1 Å². The van der Waals surface area contributed by atoms with E-state index in [2.05, 4.69) is 0 Å². The van der Waals surface area contributed by atoms with E-state index in [1.54, 1.807) is 43.5 Å². The Labute approximate surface area is 191 Å². The minimum absolute atomic E-state index is 0.0408. The first-order valence-electron chi connectivity index (χ1n) is 11.1. The van der Waals surface area contributed by atoms with Crippen LogP contribution in [0, 0.1) is 6.92 Å². The Morgan fingerprint density at radius 1 is 1.06 bits per heavy atom. The number of carbonyl (C=O) groups is 2. The number of likely N-dealkylation sites (tertiary alicyclic amines) is 1. The number of aryl methyl sites for hydroxylation is 1. The summed E-state index contributed by atoms with van der Waals surface area (Å²) in [6, 6.07) is 12.4. The molecule has 7 nitrogen and oxygen atoms in total. The van der Waals surface area contributed by atoms with Crippen LogP contribution in [0.4, 0.5) is 0 Å². The molecule has 4 rings (SSSR count). The molecule has 0 bridgehead atoms. The minimum atomic E-state index is -0.459. The zero-order valence-electron chi connectivity index (χ0n) is 18.9. The van der Waals surface area contributed by atoms with Crippen molar-refractivity contribution in [2.45, 2.75) is 39.2 Å². The summed E-state index contributed by atoms with van der Waals surface area (Å²) >= 11 is 0. The van der Waals surface area contributed by atoms with Gasteiger partial charge in [-0.05, 0) is 61.6 Å². The highest BCUT2D eigenvalue weighted by Gasteiger charge is 2.19. The van der Waals surface area contributed by atoms with Gasteiger partial charge in [-0.3, -0.25) is 9.59 Å². The lowest BCUT2D eigenvalue weighted by Crippen LogP contribution is -2.27. The first kappa shape index (κ1) is 22.6. The highest BCUT2D eigenvalue weighted by atomic mass is 16.5. The normalized spacial score (nSPS) is 13.3. The van der Waals surface area contributed by atoms with Crippen molar-refractivity contribution in [3.8, 4) is 5.75 Å². The predicted molar refractivity (Wildman–Crippen MR) is 123 cm³/mol. The van der Waals surface area contributed by atoms with Crippen LogP contribution in [0.25, 0.3) is 11.0 Å². The number of rotatable bonds is 7. The van der Waals surface area contributed by atoms with Crippen LogP contribution in [0.15, 0.2) is 51.7 Å². The van der Waals surface area contributed by atoms with E-state index in [9.17, 15) is 14.4 Å². The third kappa shape index (κ3) is 5.08. The number of ether oxygens (including phenoxy) is 2. The molecule has 3 aromatic rings. The molecular weight excluding hydrogens is 422 g/mol. The van der Waals surface area contributed by atoms with Gasteiger partial charge in [-0.2, -0.15) is 0 Å². The Morgan fingerprint density at radius 2 is 1.79 bits per heavy atom. The molecule has 1 fully saturated rings. The van der Waals surface area contributed by atoms with Gasteiger partial charge >= 0.3 is 11.6 Å². The largest absolute Gasteiger partial charge is 0.497 e. The molecule has 0 spiro atoms.